The summed E-state index contributed by atoms with van der Waals surface area (Å²) in [5.74, 6) is 0.673. The molecule has 1 atom stereocenters. The lowest BCUT2D eigenvalue weighted by Gasteiger charge is -2.10. The van der Waals surface area contributed by atoms with Gasteiger partial charge in [0, 0.05) is 12.2 Å². The molecule has 1 fully saturated rings. The predicted molar refractivity (Wildman–Crippen MR) is 97.5 cm³/mol. The minimum Gasteiger partial charge on any atom is -0.496 e. The van der Waals surface area contributed by atoms with E-state index in [9.17, 15) is 10.1 Å². The first kappa shape index (κ1) is 17.7. The standard InChI is InChI=1S/C21H19NO4/c1-24-19-9-3-2-8-18(19)16(14-22)12-15-6-4-7-17(13-15)26-21(23)20-10-5-11-25-20/h2-4,6-9,12-13,20H,5,10-11H2,1H3/b16-12-. The summed E-state index contributed by atoms with van der Waals surface area (Å²) in [7, 11) is 1.57. The van der Waals surface area contributed by atoms with Gasteiger partial charge in [0.15, 0.2) is 6.10 Å². The number of benzene rings is 2. The van der Waals surface area contributed by atoms with Gasteiger partial charge >= 0.3 is 5.97 Å². The number of carbonyl (C=O) groups is 1. The van der Waals surface area contributed by atoms with Gasteiger partial charge in [-0.1, -0.05) is 24.3 Å². The minimum atomic E-state index is -0.488. The maximum Gasteiger partial charge on any atom is 0.340 e. The van der Waals surface area contributed by atoms with Crippen molar-refractivity contribution in [1.82, 2.24) is 0 Å². The third-order valence-corrected chi connectivity index (χ3v) is 4.10. The van der Waals surface area contributed by atoms with E-state index in [-0.39, 0.29) is 5.97 Å². The Morgan fingerprint density at radius 1 is 1.27 bits per heavy atom. The smallest absolute Gasteiger partial charge is 0.340 e. The summed E-state index contributed by atoms with van der Waals surface area (Å²) in [6.45, 7) is 0.590. The average Bonchev–Trinajstić information content (AvgIpc) is 3.21. The van der Waals surface area contributed by atoms with Crippen LogP contribution in [0.25, 0.3) is 11.6 Å². The molecular weight excluding hydrogens is 330 g/mol. The van der Waals surface area contributed by atoms with Gasteiger partial charge in [0.05, 0.1) is 18.8 Å². The van der Waals surface area contributed by atoms with Crippen molar-refractivity contribution in [3.63, 3.8) is 0 Å². The van der Waals surface area contributed by atoms with Crippen LogP contribution in [0.2, 0.25) is 0 Å². The number of rotatable bonds is 5. The van der Waals surface area contributed by atoms with Crippen molar-refractivity contribution in [2.24, 2.45) is 0 Å². The molecule has 0 amide bonds. The number of para-hydroxylation sites is 1. The Kier molecular flexibility index (Phi) is 5.67. The summed E-state index contributed by atoms with van der Waals surface area (Å²) in [5.41, 5.74) is 1.93. The van der Waals surface area contributed by atoms with Crippen molar-refractivity contribution in [3.05, 3.63) is 59.7 Å². The van der Waals surface area contributed by atoms with Crippen molar-refractivity contribution in [3.8, 4) is 17.6 Å². The molecule has 2 aromatic rings. The van der Waals surface area contributed by atoms with Gasteiger partial charge in [-0.05, 0) is 48.7 Å². The van der Waals surface area contributed by atoms with Gasteiger partial charge in [-0.25, -0.2) is 4.79 Å². The number of esters is 1. The fourth-order valence-corrected chi connectivity index (χ4v) is 2.82. The van der Waals surface area contributed by atoms with Crippen molar-refractivity contribution in [2.45, 2.75) is 18.9 Å². The zero-order valence-corrected chi connectivity index (χ0v) is 14.5. The molecule has 0 aromatic heterocycles. The van der Waals surface area contributed by atoms with E-state index in [1.54, 1.807) is 37.5 Å². The monoisotopic (exact) mass is 349 g/mol. The molecule has 1 heterocycles. The summed E-state index contributed by atoms with van der Waals surface area (Å²) in [4.78, 5) is 12.1. The third kappa shape index (κ3) is 4.11. The second kappa shape index (κ2) is 8.32. The molecule has 1 aliphatic heterocycles. The van der Waals surface area contributed by atoms with Crippen LogP contribution in [0.15, 0.2) is 48.5 Å². The van der Waals surface area contributed by atoms with Gasteiger partial charge in [-0.3, -0.25) is 0 Å². The average molecular weight is 349 g/mol. The van der Waals surface area contributed by atoms with Gasteiger partial charge < -0.3 is 14.2 Å². The van der Waals surface area contributed by atoms with E-state index in [1.165, 1.54) is 0 Å². The van der Waals surface area contributed by atoms with Crippen molar-refractivity contribution >= 4 is 17.6 Å². The maximum absolute atomic E-state index is 12.1. The van der Waals surface area contributed by atoms with Crippen LogP contribution in [0.5, 0.6) is 11.5 Å². The Morgan fingerprint density at radius 2 is 2.12 bits per heavy atom. The fraction of sp³-hybridized carbons (Fsp3) is 0.238. The highest BCUT2D eigenvalue weighted by atomic mass is 16.6. The molecule has 3 rings (SSSR count). The highest BCUT2D eigenvalue weighted by Gasteiger charge is 2.25. The molecule has 0 bridgehead atoms. The van der Waals surface area contributed by atoms with Gasteiger partial charge in [0.25, 0.3) is 0 Å². The molecule has 0 saturated carbocycles. The highest BCUT2D eigenvalue weighted by molar-refractivity contribution is 5.91. The summed E-state index contributed by atoms with van der Waals surface area (Å²) in [5, 5.41) is 9.54. The fourth-order valence-electron chi connectivity index (χ4n) is 2.82. The molecule has 1 aliphatic rings. The zero-order chi connectivity index (χ0) is 18.4. The Balaban J connectivity index is 1.83. The number of allylic oxidation sites excluding steroid dienone is 1. The quantitative estimate of drug-likeness (QED) is 0.355. The number of carbonyl (C=O) groups excluding carboxylic acids is 1. The largest absolute Gasteiger partial charge is 0.496 e. The van der Waals surface area contributed by atoms with Crippen molar-refractivity contribution in [2.75, 3.05) is 13.7 Å². The molecular formula is C21H19NO4. The van der Waals surface area contributed by atoms with Crippen LogP contribution in [0, 0.1) is 11.3 Å². The van der Waals surface area contributed by atoms with Crippen LogP contribution >= 0.6 is 0 Å². The normalized spacial score (nSPS) is 16.8. The molecule has 0 spiro atoms. The van der Waals surface area contributed by atoms with Gasteiger partial charge in [-0.15, -0.1) is 0 Å². The minimum absolute atomic E-state index is 0.381. The highest BCUT2D eigenvalue weighted by Crippen LogP contribution is 2.28. The molecule has 5 heteroatoms. The van der Waals surface area contributed by atoms with Crippen LogP contribution in [-0.4, -0.2) is 25.8 Å². The number of hydrogen-bond donors (Lipinski definition) is 0. The summed E-state index contributed by atoms with van der Waals surface area (Å²) < 4.78 is 16.1. The molecule has 1 unspecified atom stereocenters. The number of methoxy groups -OCH3 is 1. The van der Waals surface area contributed by atoms with Crippen molar-refractivity contribution < 1.29 is 19.0 Å². The first-order valence-electron chi connectivity index (χ1n) is 8.40. The van der Waals surface area contributed by atoms with E-state index in [0.29, 0.717) is 35.7 Å². The molecule has 0 radical (unpaired) electrons. The molecule has 132 valence electrons. The van der Waals surface area contributed by atoms with Gasteiger partial charge in [-0.2, -0.15) is 5.26 Å². The van der Waals surface area contributed by atoms with Crippen LogP contribution in [-0.2, 0) is 9.53 Å². The van der Waals surface area contributed by atoms with E-state index in [4.69, 9.17) is 14.2 Å². The number of hydrogen-bond acceptors (Lipinski definition) is 5. The van der Waals surface area contributed by atoms with E-state index >= 15 is 0 Å². The van der Waals surface area contributed by atoms with Crippen LogP contribution in [0.1, 0.15) is 24.0 Å². The number of nitriles is 1. The lowest BCUT2D eigenvalue weighted by Crippen LogP contribution is -2.24. The second-order valence-electron chi connectivity index (χ2n) is 5.87. The third-order valence-electron chi connectivity index (χ3n) is 4.10. The van der Waals surface area contributed by atoms with Crippen LogP contribution in [0.4, 0.5) is 0 Å². The van der Waals surface area contributed by atoms with E-state index in [1.807, 2.05) is 24.3 Å². The van der Waals surface area contributed by atoms with Gasteiger partial charge in [0.2, 0.25) is 0 Å². The Morgan fingerprint density at radius 3 is 2.85 bits per heavy atom. The zero-order valence-electron chi connectivity index (χ0n) is 14.5. The van der Waals surface area contributed by atoms with E-state index in [2.05, 4.69) is 6.07 Å². The first-order chi connectivity index (χ1) is 12.7. The number of ether oxygens (including phenoxy) is 3. The molecule has 2 aromatic carbocycles. The SMILES string of the molecule is COc1ccccc1/C(C#N)=C\c1cccc(OC(=O)C2CCCO2)c1. The Labute approximate surface area is 152 Å². The summed E-state index contributed by atoms with van der Waals surface area (Å²) in [6, 6.07) is 16.6. The molecule has 0 aliphatic carbocycles. The maximum atomic E-state index is 12.1. The molecule has 0 N–H and O–H groups in total. The van der Waals surface area contributed by atoms with Crippen molar-refractivity contribution in [1.29, 1.82) is 5.26 Å². The lowest BCUT2D eigenvalue weighted by atomic mass is 10.0. The molecule has 1 saturated heterocycles. The second-order valence-corrected chi connectivity index (χ2v) is 5.87. The Hall–Kier alpha value is -3.10. The predicted octanol–water partition coefficient (Wildman–Crippen LogP) is 3.84. The van der Waals surface area contributed by atoms with E-state index in [0.717, 1.165) is 12.0 Å². The number of nitrogens with zero attached hydrogens (tertiary/aromatic N) is 1. The van der Waals surface area contributed by atoms with Crippen LogP contribution in [0.3, 0.4) is 0 Å². The van der Waals surface area contributed by atoms with E-state index < -0.39 is 6.10 Å². The lowest BCUT2D eigenvalue weighted by molar-refractivity contribution is -0.144. The molecule has 26 heavy (non-hydrogen) atoms. The Bertz CT molecular complexity index is 860. The van der Waals surface area contributed by atoms with Crippen LogP contribution < -0.4 is 9.47 Å². The molecule has 5 nitrogen and oxygen atoms in total. The summed E-state index contributed by atoms with van der Waals surface area (Å²) >= 11 is 0. The first-order valence-corrected chi connectivity index (χ1v) is 8.40. The summed E-state index contributed by atoms with van der Waals surface area (Å²) in [6.07, 6.45) is 2.80. The van der Waals surface area contributed by atoms with Gasteiger partial charge in [0.1, 0.15) is 11.5 Å². The topological polar surface area (TPSA) is 68.5 Å².